The molecule has 2 aliphatic rings. The van der Waals surface area contributed by atoms with Crippen molar-refractivity contribution in [1.82, 2.24) is 20.0 Å². The molecule has 0 spiro atoms. The summed E-state index contributed by atoms with van der Waals surface area (Å²) in [6, 6.07) is 9.16. The van der Waals surface area contributed by atoms with Gasteiger partial charge in [0.2, 0.25) is 0 Å². The van der Waals surface area contributed by atoms with Crippen LogP contribution in [0.1, 0.15) is 42.9 Å². The van der Waals surface area contributed by atoms with Crippen LogP contribution in [0.5, 0.6) is 0 Å². The van der Waals surface area contributed by atoms with Gasteiger partial charge in [-0.05, 0) is 55.4 Å². The molecule has 1 aliphatic heterocycles. The number of carbonyl (C=O) groups is 1. The molecular formula is C27H29F6N5O2. The van der Waals surface area contributed by atoms with Gasteiger partial charge >= 0.3 is 18.4 Å². The number of fused-ring (bicyclic) bond motifs is 1. The molecule has 2 amide bonds. The van der Waals surface area contributed by atoms with Crippen molar-refractivity contribution in [2.75, 3.05) is 25.0 Å². The average Bonchev–Trinajstić information content (AvgIpc) is 3.64. The molecular weight excluding hydrogens is 540 g/mol. The Morgan fingerprint density at radius 3 is 2.20 bits per heavy atom. The van der Waals surface area contributed by atoms with E-state index in [9.17, 15) is 36.2 Å². The van der Waals surface area contributed by atoms with Crippen molar-refractivity contribution in [2.45, 2.75) is 56.2 Å². The van der Waals surface area contributed by atoms with Gasteiger partial charge in [0.05, 0.1) is 17.8 Å². The van der Waals surface area contributed by atoms with E-state index in [4.69, 9.17) is 0 Å². The van der Waals surface area contributed by atoms with E-state index in [2.05, 4.69) is 20.6 Å². The molecule has 7 nitrogen and oxygen atoms in total. The molecule has 13 heteroatoms. The highest BCUT2D eigenvalue weighted by molar-refractivity contribution is 5.92. The maximum Gasteiger partial charge on any atom is 0.430 e. The molecule has 1 aromatic heterocycles. The Kier molecular flexibility index (Phi) is 7.47. The second-order valence-corrected chi connectivity index (χ2v) is 10.6. The van der Waals surface area contributed by atoms with Gasteiger partial charge in [0, 0.05) is 42.8 Å². The number of urea groups is 1. The second kappa shape index (κ2) is 10.6. The number of aromatic nitrogens is 2. The van der Waals surface area contributed by atoms with Crippen LogP contribution >= 0.6 is 0 Å². The van der Waals surface area contributed by atoms with Crippen molar-refractivity contribution in [3.8, 4) is 0 Å². The zero-order chi connectivity index (χ0) is 28.7. The number of nitrogens with zero attached hydrogens (tertiary/aromatic N) is 3. The lowest BCUT2D eigenvalue weighted by atomic mass is 9.91. The molecule has 2 fully saturated rings. The van der Waals surface area contributed by atoms with Gasteiger partial charge in [-0.15, -0.1) is 0 Å². The lowest BCUT2D eigenvalue weighted by Gasteiger charge is -2.33. The number of amides is 2. The number of halogens is 6. The minimum absolute atomic E-state index is 0.0867. The predicted octanol–water partition coefficient (Wildman–Crippen LogP) is 5.72. The maximum absolute atomic E-state index is 13.1. The Balaban J connectivity index is 1.20. The zero-order valence-corrected chi connectivity index (χ0v) is 21.4. The number of hydrogen-bond donors (Lipinski definition) is 3. The first kappa shape index (κ1) is 28.2. The Hall–Kier alpha value is -3.32. The van der Waals surface area contributed by atoms with E-state index >= 15 is 0 Å². The average molecular weight is 570 g/mol. The molecule has 1 saturated carbocycles. The molecule has 2 heterocycles. The fourth-order valence-electron chi connectivity index (χ4n) is 5.06. The fraction of sp³-hybridized carbons (Fsp3) is 0.481. The highest BCUT2D eigenvalue weighted by atomic mass is 19.4. The molecule has 0 atom stereocenters. The van der Waals surface area contributed by atoms with Crippen LogP contribution in [0.2, 0.25) is 0 Å². The molecule has 0 unspecified atom stereocenters. The Morgan fingerprint density at radius 1 is 0.950 bits per heavy atom. The highest BCUT2D eigenvalue weighted by Gasteiger charge is 2.71. The first-order chi connectivity index (χ1) is 18.8. The number of likely N-dealkylation sites (tertiary alicyclic amines) is 1. The van der Waals surface area contributed by atoms with Crippen molar-refractivity contribution >= 4 is 22.6 Å². The van der Waals surface area contributed by atoms with Gasteiger partial charge in [-0.2, -0.15) is 31.4 Å². The summed E-state index contributed by atoms with van der Waals surface area (Å²) in [6.45, 7) is 2.29. The minimum Gasteiger partial charge on any atom is -0.369 e. The first-order valence-corrected chi connectivity index (χ1v) is 13.0. The third-order valence-corrected chi connectivity index (χ3v) is 7.61. The normalized spacial score (nSPS) is 17.8. The number of benzene rings is 2. The minimum atomic E-state index is -5.91. The van der Waals surface area contributed by atoms with Crippen LogP contribution < -0.4 is 10.6 Å². The topological polar surface area (TPSA) is 82.4 Å². The van der Waals surface area contributed by atoms with Crippen LogP contribution in [0.4, 0.5) is 36.8 Å². The lowest BCUT2D eigenvalue weighted by Crippen LogP contribution is -2.53. The van der Waals surface area contributed by atoms with Gasteiger partial charge in [0.25, 0.3) is 5.60 Å². The molecule has 216 valence electrons. The van der Waals surface area contributed by atoms with E-state index in [1.54, 1.807) is 6.20 Å². The molecule has 1 aliphatic carbocycles. The third kappa shape index (κ3) is 5.75. The van der Waals surface area contributed by atoms with Crippen molar-refractivity contribution < 1.29 is 36.2 Å². The zero-order valence-electron chi connectivity index (χ0n) is 21.4. The SMILES string of the molecule is O=C(NCC1CC1)Nc1ccc2cnn(C3CCN(Cc4ccc(C(O)(C(F)(F)F)C(F)(F)F)cc4)CC3)c2c1. The molecule has 3 N–H and O–H groups in total. The number of alkyl halides is 6. The molecule has 3 aromatic rings. The van der Waals surface area contributed by atoms with E-state index in [0.29, 0.717) is 55.5 Å². The number of nitrogens with one attached hydrogen (secondary N) is 2. The van der Waals surface area contributed by atoms with Gasteiger partial charge in [0.1, 0.15) is 0 Å². The van der Waals surface area contributed by atoms with Gasteiger partial charge in [-0.1, -0.05) is 24.3 Å². The Morgan fingerprint density at radius 2 is 1.60 bits per heavy atom. The molecule has 1 saturated heterocycles. The monoisotopic (exact) mass is 569 g/mol. The van der Waals surface area contributed by atoms with Crippen LogP contribution in [-0.2, 0) is 12.1 Å². The summed E-state index contributed by atoms with van der Waals surface area (Å²) in [5.41, 5.74) is -4.12. The van der Waals surface area contributed by atoms with Crippen LogP contribution in [-0.4, -0.2) is 57.8 Å². The van der Waals surface area contributed by atoms with E-state index < -0.39 is 23.5 Å². The molecule has 0 bridgehead atoms. The number of piperidine rings is 1. The van der Waals surface area contributed by atoms with Gasteiger partial charge in [0.15, 0.2) is 0 Å². The summed E-state index contributed by atoms with van der Waals surface area (Å²) in [5, 5.41) is 20.8. The molecule has 5 rings (SSSR count). The van der Waals surface area contributed by atoms with Gasteiger partial charge < -0.3 is 15.7 Å². The van der Waals surface area contributed by atoms with Gasteiger partial charge in [-0.3, -0.25) is 9.58 Å². The van der Waals surface area contributed by atoms with Crippen molar-refractivity contribution in [3.63, 3.8) is 0 Å². The summed E-state index contributed by atoms with van der Waals surface area (Å²) in [4.78, 5) is 14.2. The van der Waals surface area contributed by atoms with Crippen LogP contribution in [0.25, 0.3) is 10.9 Å². The smallest absolute Gasteiger partial charge is 0.369 e. The molecule has 2 aromatic carbocycles. The quantitative estimate of drug-likeness (QED) is 0.318. The van der Waals surface area contributed by atoms with E-state index in [-0.39, 0.29) is 12.1 Å². The van der Waals surface area contributed by atoms with Crippen LogP contribution in [0.15, 0.2) is 48.7 Å². The molecule has 0 radical (unpaired) electrons. The second-order valence-electron chi connectivity index (χ2n) is 10.6. The van der Waals surface area contributed by atoms with Crippen molar-refractivity contribution in [2.24, 2.45) is 5.92 Å². The first-order valence-electron chi connectivity index (χ1n) is 13.0. The summed E-state index contributed by atoms with van der Waals surface area (Å²) in [5.74, 6) is 0.573. The van der Waals surface area contributed by atoms with Crippen molar-refractivity contribution in [1.29, 1.82) is 0 Å². The van der Waals surface area contributed by atoms with E-state index in [1.165, 1.54) is 12.1 Å². The van der Waals surface area contributed by atoms with Crippen LogP contribution in [0.3, 0.4) is 0 Å². The summed E-state index contributed by atoms with van der Waals surface area (Å²) in [6.07, 6.45) is -6.30. The Labute approximate surface area is 226 Å². The van der Waals surface area contributed by atoms with E-state index in [1.807, 2.05) is 22.9 Å². The lowest BCUT2D eigenvalue weighted by molar-refractivity contribution is -0.376. The molecule has 40 heavy (non-hydrogen) atoms. The number of anilines is 1. The third-order valence-electron chi connectivity index (χ3n) is 7.61. The van der Waals surface area contributed by atoms with Crippen molar-refractivity contribution in [3.05, 3.63) is 59.8 Å². The fourth-order valence-corrected chi connectivity index (χ4v) is 5.06. The van der Waals surface area contributed by atoms with Gasteiger partial charge in [-0.25, -0.2) is 4.79 Å². The van der Waals surface area contributed by atoms with E-state index in [0.717, 1.165) is 36.6 Å². The largest absolute Gasteiger partial charge is 0.430 e. The standard InChI is InChI=1S/C27H29F6N5O2/c28-26(29,30)25(40,27(31,32)33)20-6-3-18(4-7-20)16-37-11-9-22(10-12-37)38-23-13-21(8-5-19(23)15-35-38)36-24(39)34-14-17-1-2-17/h3-8,13,15,17,22,40H,1-2,9-12,14,16H2,(H2,34,36,39). The van der Waals surface area contributed by atoms with Crippen LogP contribution in [0, 0.1) is 5.92 Å². The number of rotatable bonds is 7. The Bertz CT molecular complexity index is 1330. The summed E-state index contributed by atoms with van der Waals surface area (Å²) in [7, 11) is 0. The number of carbonyl (C=O) groups excluding carboxylic acids is 1. The number of hydrogen-bond acceptors (Lipinski definition) is 4. The summed E-state index contributed by atoms with van der Waals surface area (Å²) < 4.78 is 80.8. The highest BCUT2D eigenvalue weighted by Crippen LogP contribution is 2.50. The number of aliphatic hydroxyl groups is 1. The predicted molar refractivity (Wildman–Crippen MR) is 135 cm³/mol. The maximum atomic E-state index is 13.1. The summed E-state index contributed by atoms with van der Waals surface area (Å²) >= 11 is 0.